The number of nitriles is 1. The molecule has 1 atom stereocenters. The number of rotatable bonds is 4. The molecule has 150 valence electrons. The predicted octanol–water partition coefficient (Wildman–Crippen LogP) is 3.68. The van der Waals surface area contributed by atoms with E-state index in [1.54, 1.807) is 22.8 Å². The van der Waals surface area contributed by atoms with Crippen molar-refractivity contribution in [2.45, 2.75) is 28.8 Å². The summed E-state index contributed by atoms with van der Waals surface area (Å²) in [5.74, 6) is -0.538. The van der Waals surface area contributed by atoms with Gasteiger partial charge in [-0.1, -0.05) is 17.8 Å². The van der Waals surface area contributed by atoms with E-state index in [0.29, 0.717) is 22.1 Å². The fraction of sp³-hybridized carbons (Fsp3) is 0.238. The van der Waals surface area contributed by atoms with Crippen LogP contribution in [0.4, 0.5) is 4.39 Å². The van der Waals surface area contributed by atoms with Crippen molar-refractivity contribution in [3.05, 3.63) is 60.6 Å². The summed E-state index contributed by atoms with van der Waals surface area (Å²) in [5.41, 5.74) is 3.03. The highest BCUT2D eigenvalue weighted by molar-refractivity contribution is 7.99. The number of fused-ring (bicyclic) bond motifs is 1. The van der Waals surface area contributed by atoms with Crippen LogP contribution in [-0.2, 0) is 0 Å². The lowest BCUT2D eigenvalue weighted by Crippen LogP contribution is -2.31. The van der Waals surface area contributed by atoms with Gasteiger partial charge in [0.25, 0.3) is 0 Å². The molecule has 30 heavy (non-hydrogen) atoms. The minimum atomic E-state index is -0.538. The lowest BCUT2D eigenvalue weighted by molar-refractivity contribution is 0.347. The first kappa shape index (κ1) is 18.8. The Morgan fingerprint density at radius 2 is 2.13 bits per heavy atom. The van der Waals surface area contributed by atoms with Crippen molar-refractivity contribution in [2.75, 3.05) is 13.1 Å². The minimum absolute atomic E-state index is 0.344. The summed E-state index contributed by atoms with van der Waals surface area (Å²) >= 11 is 1.31. The number of hydrogen-bond acceptors (Lipinski definition) is 6. The lowest BCUT2D eigenvalue weighted by Gasteiger charge is -2.22. The van der Waals surface area contributed by atoms with E-state index in [4.69, 9.17) is 0 Å². The highest BCUT2D eigenvalue weighted by Gasteiger charge is 2.18. The van der Waals surface area contributed by atoms with Crippen LogP contribution in [-0.4, -0.2) is 37.5 Å². The third kappa shape index (κ3) is 3.56. The van der Waals surface area contributed by atoms with Crippen LogP contribution in [0.2, 0.25) is 0 Å². The summed E-state index contributed by atoms with van der Waals surface area (Å²) in [4.78, 5) is 4.73. The van der Waals surface area contributed by atoms with Crippen LogP contribution < -0.4 is 5.32 Å². The summed E-state index contributed by atoms with van der Waals surface area (Å²) in [6, 6.07) is 9.18. The first-order chi connectivity index (χ1) is 14.7. The largest absolute Gasteiger partial charge is 0.315 e. The van der Waals surface area contributed by atoms with Gasteiger partial charge in [-0.05, 0) is 37.6 Å². The monoisotopic (exact) mass is 419 g/mol. The van der Waals surface area contributed by atoms with E-state index in [-0.39, 0.29) is 0 Å². The number of nitrogens with one attached hydrogen (secondary N) is 1. The molecule has 0 saturated carbocycles. The van der Waals surface area contributed by atoms with Crippen LogP contribution in [0.25, 0.3) is 16.6 Å². The van der Waals surface area contributed by atoms with Crippen molar-refractivity contribution in [1.29, 1.82) is 5.26 Å². The number of hydrogen-bond donors (Lipinski definition) is 1. The second-order valence-corrected chi connectivity index (χ2v) is 8.23. The van der Waals surface area contributed by atoms with Crippen LogP contribution in [0.1, 0.15) is 24.4 Å². The summed E-state index contributed by atoms with van der Waals surface area (Å²) in [7, 11) is 0. The minimum Gasteiger partial charge on any atom is -0.315 e. The van der Waals surface area contributed by atoms with Crippen molar-refractivity contribution in [3.63, 3.8) is 0 Å². The molecule has 4 aromatic rings. The second-order valence-electron chi connectivity index (χ2n) is 7.17. The fourth-order valence-electron chi connectivity index (χ4n) is 3.71. The van der Waals surface area contributed by atoms with Crippen molar-refractivity contribution in [1.82, 2.24) is 29.7 Å². The molecule has 1 saturated heterocycles. The molecule has 9 heteroatoms. The Morgan fingerprint density at radius 3 is 2.93 bits per heavy atom. The highest BCUT2D eigenvalue weighted by atomic mass is 32.2. The normalized spacial score (nSPS) is 16.6. The fourth-order valence-corrected chi connectivity index (χ4v) is 4.70. The molecule has 0 bridgehead atoms. The molecule has 0 aromatic carbocycles. The van der Waals surface area contributed by atoms with E-state index in [1.165, 1.54) is 17.8 Å². The maximum atomic E-state index is 13.6. The molecule has 0 radical (unpaired) electrons. The van der Waals surface area contributed by atoms with E-state index in [2.05, 4.69) is 26.6 Å². The first-order valence-corrected chi connectivity index (χ1v) is 10.5. The van der Waals surface area contributed by atoms with Gasteiger partial charge >= 0.3 is 0 Å². The molecule has 1 fully saturated rings. The highest BCUT2D eigenvalue weighted by Crippen LogP contribution is 2.35. The average Bonchev–Trinajstić information content (AvgIpc) is 3.42. The van der Waals surface area contributed by atoms with Gasteiger partial charge in [0, 0.05) is 35.0 Å². The zero-order chi connectivity index (χ0) is 20.5. The van der Waals surface area contributed by atoms with Crippen LogP contribution in [0.15, 0.2) is 59.0 Å². The topological polar surface area (TPSA) is 83.8 Å². The Hall–Kier alpha value is -3.22. The molecule has 1 aliphatic heterocycles. The molecule has 0 aliphatic carbocycles. The SMILES string of the molecule is N#Cc1cnn2cc(-c3cnn(C4CCCNC4)c3)cc(Sc3cccc(F)n3)c12. The third-order valence-corrected chi connectivity index (χ3v) is 6.15. The maximum Gasteiger partial charge on any atom is 0.213 e. The molecule has 1 N–H and O–H groups in total. The molecule has 0 amide bonds. The quantitative estimate of drug-likeness (QED) is 0.508. The number of piperidine rings is 1. The molecule has 4 aromatic heterocycles. The van der Waals surface area contributed by atoms with E-state index < -0.39 is 5.95 Å². The maximum absolute atomic E-state index is 13.6. The summed E-state index contributed by atoms with van der Waals surface area (Å²) < 4.78 is 17.3. The Bertz CT molecular complexity index is 1250. The van der Waals surface area contributed by atoms with Crippen molar-refractivity contribution in [3.8, 4) is 17.2 Å². The Kier molecular flexibility index (Phi) is 4.94. The van der Waals surface area contributed by atoms with Gasteiger partial charge in [-0.3, -0.25) is 4.68 Å². The molecular weight excluding hydrogens is 401 g/mol. The van der Waals surface area contributed by atoms with E-state index >= 15 is 0 Å². The first-order valence-electron chi connectivity index (χ1n) is 9.68. The molecule has 5 heterocycles. The molecule has 0 spiro atoms. The Morgan fingerprint density at radius 1 is 1.20 bits per heavy atom. The van der Waals surface area contributed by atoms with Crippen molar-refractivity contribution >= 4 is 17.3 Å². The van der Waals surface area contributed by atoms with Gasteiger partial charge in [0.05, 0.1) is 29.5 Å². The van der Waals surface area contributed by atoms with Crippen LogP contribution in [0.3, 0.4) is 0 Å². The molecule has 5 rings (SSSR count). The predicted molar refractivity (Wildman–Crippen MR) is 111 cm³/mol. The van der Waals surface area contributed by atoms with Gasteiger partial charge in [-0.2, -0.15) is 19.8 Å². The molecule has 1 aliphatic rings. The Labute approximate surface area is 176 Å². The summed E-state index contributed by atoms with van der Waals surface area (Å²) in [5, 5.41) is 22.3. The average molecular weight is 419 g/mol. The zero-order valence-corrected chi connectivity index (χ0v) is 16.8. The number of pyridine rings is 2. The molecular formula is C21H18FN7S. The van der Waals surface area contributed by atoms with E-state index in [9.17, 15) is 9.65 Å². The summed E-state index contributed by atoms with van der Waals surface area (Å²) in [6.07, 6.45) is 9.56. The standard InChI is InChI=1S/C21H18FN7S/c22-19-4-1-5-20(27-19)30-18-7-14(12-29-21(18)15(8-23)9-26-29)16-10-25-28(13-16)17-3-2-6-24-11-17/h1,4-5,7,9-10,12-13,17,24H,2-3,6,11H2. The lowest BCUT2D eigenvalue weighted by atomic mass is 10.1. The third-order valence-electron chi connectivity index (χ3n) is 5.18. The van der Waals surface area contributed by atoms with Gasteiger partial charge < -0.3 is 5.32 Å². The Balaban J connectivity index is 1.56. The molecule has 7 nitrogen and oxygen atoms in total. The van der Waals surface area contributed by atoms with Gasteiger partial charge in [0.15, 0.2) is 0 Å². The van der Waals surface area contributed by atoms with Crippen molar-refractivity contribution < 1.29 is 4.39 Å². The number of nitrogens with zero attached hydrogens (tertiary/aromatic N) is 6. The smallest absolute Gasteiger partial charge is 0.213 e. The van der Waals surface area contributed by atoms with Crippen molar-refractivity contribution in [2.24, 2.45) is 0 Å². The number of halogens is 1. The van der Waals surface area contributed by atoms with E-state index in [0.717, 1.165) is 42.0 Å². The zero-order valence-electron chi connectivity index (χ0n) is 16.0. The second kappa shape index (κ2) is 7.89. The molecule has 1 unspecified atom stereocenters. The van der Waals surface area contributed by atoms with Gasteiger partial charge in [-0.25, -0.2) is 9.50 Å². The van der Waals surface area contributed by atoms with Gasteiger partial charge in [-0.15, -0.1) is 0 Å². The van der Waals surface area contributed by atoms with E-state index in [1.807, 2.05) is 29.3 Å². The summed E-state index contributed by atoms with van der Waals surface area (Å²) in [6.45, 7) is 1.97. The van der Waals surface area contributed by atoms with Gasteiger partial charge in [0.2, 0.25) is 5.95 Å². The van der Waals surface area contributed by atoms with Crippen LogP contribution in [0.5, 0.6) is 0 Å². The number of aromatic nitrogens is 5. The van der Waals surface area contributed by atoms with Crippen LogP contribution in [0, 0.1) is 17.3 Å². The van der Waals surface area contributed by atoms with Crippen LogP contribution >= 0.6 is 11.8 Å². The van der Waals surface area contributed by atoms with Gasteiger partial charge in [0.1, 0.15) is 11.1 Å².